The minimum atomic E-state index is -2.84. The summed E-state index contributed by atoms with van der Waals surface area (Å²) in [5.74, 6) is 0. The first kappa shape index (κ1) is 22.1. The SMILES string of the molecule is CC(C)(C)[Si](OC[C@H]1O[C@@H](O)[C@@H](O)[C@H](O)[C@H]1O)(c1ccccc1)c1ccccc1. The number of hydrogen-bond acceptors (Lipinski definition) is 6. The van der Waals surface area contributed by atoms with E-state index in [1.54, 1.807) is 0 Å². The molecular weight excluding hydrogens is 388 g/mol. The lowest BCUT2D eigenvalue weighted by molar-refractivity contribution is -0.285. The van der Waals surface area contributed by atoms with Gasteiger partial charge < -0.3 is 29.6 Å². The van der Waals surface area contributed by atoms with E-state index in [1.807, 2.05) is 36.4 Å². The average Bonchev–Trinajstić information content (AvgIpc) is 2.71. The van der Waals surface area contributed by atoms with E-state index >= 15 is 0 Å². The van der Waals surface area contributed by atoms with Crippen molar-refractivity contribution in [3.63, 3.8) is 0 Å². The van der Waals surface area contributed by atoms with E-state index in [1.165, 1.54) is 0 Å². The molecule has 2 aromatic carbocycles. The molecule has 1 saturated heterocycles. The Hall–Kier alpha value is -1.58. The van der Waals surface area contributed by atoms with Gasteiger partial charge in [-0.15, -0.1) is 0 Å². The number of ether oxygens (including phenoxy) is 1. The van der Waals surface area contributed by atoms with Gasteiger partial charge in [-0.2, -0.15) is 0 Å². The van der Waals surface area contributed by atoms with Crippen LogP contribution in [0.2, 0.25) is 5.04 Å². The third-order valence-electron chi connectivity index (χ3n) is 5.57. The Balaban J connectivity index is 2.00. The summed E-state index contributed by atoms with van der Waals surface area (Å²) in [5, 5.41) is 41.9. The van der Waals surface area contributed by atoms with Crippen molar-refractivity contribution in [2.75, 3.05) is 6.61 Å². The lowest BCUT2D eigenvalue weighted by Gasteiger charge is -2.45. The van der Waals surface area contributed by atoms with Crippen molar-refractivity contribution in [3.05, 3.63) is 60.7 Å². The van der Waals surface area contributed by atoms with E-state index in [9.17, 15) is 20.4 Å². The highest BCUT2D eigenvalue weighted by Crippen LogP contribution is 2.37. The number of aliphatic hydroxyl groups is 4. The van der Waals surface area contributed by atoms with Crippen molar-refractivity contribution in [2.45, 2.75) is 56.5 Å². The molecule has 0 saturated carbocycles. The van der Waals surface area contributed by atoms with Crippen LogP contribution in [-0.4, -0.2) is 66.1 Å². The van der Waals surface area contributed by atoms with E-state index < -0.39 is 39.0 Å². The quantitative estimate of drug-likeness (QED) is 0.524. The summed E-state index contributed by atoms with van der Waals surface area (Å²) in [5.41, 5.74) is 0. The van der Waals surface area contributed by atoms with Crippen LogP contribution in [0.15, 0.2) is 60.7 Å². The van der Waals surface area contributed by atoms with Gasteiger partial charge >= 0.3 is 0 Å². The second kappa shape index (κ2) is 8.65. The lowest BCUT2D eigenvalue weighted by atomic mass is 10.00. The molecular formula is C22H30O6Si. The van der Waals surface area contributed by atoms with Crippen LogP contribution >= 0.6 is 0 Å². The van der Waals surface area contributed by atoms with E-state index in [4.69, 9.17) is 9.16 Å². The van der Waals surface area contributed by atoms with E-state index in [2.05, 4.69) is 45.0 Å². The Morgan fingerprint density at radius 2 is 1.28 bits per heavy atom. The molecule has 0 unspecified atom stereocenters. The zero-order valence-electron chi connectivity index (χ0n) is 17.0. The number of rotatable bonds is 5. The van der Waals surface area contributed by atoms with Gasteiger partial charge in [0.1, 0.15) is 24.4 Å². The molecule has 158 valence electrons. The molecule has 0 aromatic heterocycles. The Morgan fingerprint density at radius 3 is 1.72 bits per heavy atom. The van der Waals surface area contributed by atoms with Crippen LogP contribution < -0.4 is 10.4 Å². The zero-order valence-corrected chi connectivity index (χ0v) is 18.0. The summed E-state index contributed by atoms with van der Waals surface area (Å²) in [6.07, 6.45) is -6.99. The van der Waals surface area contributed by atoms with Crippen LogP contribution in [-0.2, 0) is 9.16 Å². The lowest BCUT2D eigenvalue weighted by Crippen LogP contribution is -2.68. The summed E-state index contributed by atoms with van der Waals surface area (Å²) in [4.78, 5) is 0. The van der Waals surface area contributed by atoms with Crippen LogP contribution in [0.4, 0.5) is 0 Å². The zero-order chi connectivity index (χ0) is 21.2. The van der Waals surface area contributed by atoms with Crippen molar-refractivity contribution in [2.24, 2.45) is 0 Å². The van der Waals surface area contributed by atoms with E-state index in [-0.39, 0.29) is 11.6 Å². The molecule has 6 nitrogen and oxygen atoms in total. The number of aliphatic hydroxyl groups excluding tert-OH is 4. The fourth-order valence-corrected chi connectivity index (χ4v) is 8.61. The average molecular weight is 419 g/mol. The minimum Gasteiger partial charge on any atom is -0.405 e. The fraction of sp³-hybridized carbons (Fsp3) is 0.455. The largest absolute Gasteiger partial charge is 0.405 e. The minimum absolute atomic E-state index is 0.0325. The van der Waals surface area contributed by atoms with Gasteiger partial charge in [0.25, 0.3) is 8.32 Å². The van der Waals surface area contributed by atoms with Gasteiger partial charge in [0.15, 0.2) is 6.29 Å². The summed E-state index contributed by atoms with van der Waals surface area (Å²) in [6, 6.07) is 20.0. The molecule has 3 rings (SSSR count). The highest BCUT2D eigenvalue weighted by atomic mass is 28.4. The maximum Gasteiger partial charge on any atom is 0.261 e. The molecule has 1 aliphatic heterocycles. The Kier molecular flexibility index (Phi) is 6.60. The van der Waals surface area contributed by atoms with Gasteiger partial charge in [-0.3, -0.25) is 0 Å². The van der Waals surface area contributed by atoms with Crippen molar-refractivity contribution >= 4 is 18.7 Å². The third kappa shape index (κ3) is 4.18. The standard InChI is InChI=1S/C22H30O6Si/c1-22(2,3)29(15-10-6-4-7-11-15,16-12-8-5-9-13-16)27-14-17-18(23)19(24)20(25)21(26)28-17/h4-13,17-21,23-26H,14H2,1-3H3/t17-,18+,19-,20+,21-/m1/s1. The maximum atomic E-state index is 10.4. The molecule has 0 radical (unpaired) electrons. The van der Waals surface area contributed by atoms with Crippen molar-refractivity contribution in [3.8, 4) is 0 Å². The monoisotopic (exact) mass is 418 g/mol. The maximum absolute atomic E-state index is 10.4. The molecule has 0 amide bonds. The smallest absolute Gasteiger partial charge is 0.261 e. The topological polar surface area (TPSA) is 99.4 Å². The summed E-state index contributed by atoms with van der Waals surface area (Å²) >= 11 is 0. The van der Waals surface area contributed by atoms with Crippen LogP contribution in [0.3, 0.4) is 0 Å². The van der Waals surface area contributed by atoms with Gasteiger partial charge in [-0.1, -0.05) is 81.4 Å². The summed E-state index contributed by atoms with van der Waals surface area (Å²) in [6.45, 7) is 6.36. The second-order valence-electron chi connectivity index (χ2n) is 8.51. The first-order valence-corrected chi connectivity index (χ1v) is 11.7. The van der Waals surface area contributed by atoms with E-state index in [0.29, 0.717) is 0 Å². The molecule has 29 heavy (non-hydrogen) atoms. The third-order valence-corrected chi connectivity index (χ3v) is 10.6. The highest BCUT2D eigenvalue weighted by molar-refractivity contribution is 6.99. The van der Waals surface area contributed by atoms with Crippen molar-refractivity contribution < 1.29 is 29.6 Å². The first-order chi connectivity index (χ1) is 13.7. The van der Waals surface area contributed by atoms with Gasteiger partial charge in [0.05, 0.1) is 6.61 Å². The van der Waals surface area contributed by atoms with Gasteiger partial charge in [0, 0.05) is 0 Å². The summed E-state index contributed by atoms with van der Waals surface area (Å²) in [7, 11) is -2.84. The Bertz CT molecular complexity index is 739. The van der Waals surface area contributed by atoms with Gasteiger partial charge in [0.2, 0.25) is 0 Å². The molecule has 4 N–H and O–H groups in total. The first-order valence-electron chi connectivity index (χ1n) is 9.81. The van der Waals surface area contributed by atoms with Gasteiger partial charge in [-0.25, -0.2) is 0 Å². The molecule has 1 heterocycles. The molecule has 5 atom stereocenters. The van der Waals surface area contributed by atoms with Crippen LogP contribution in [0, 0.1) is 0 Å². The molecule has 0 spiro atoms. The fourth-order valence-electron chi connectivity index (χ4n) is 4.04. The Labute approximate surface area is 172 Å². The molecule has 0 bridgehead atoms. The highest BCUT2D eigenvalue weighted by Gasteiger charge is 2.52. The second-order valence-corrected chi connectivity index (χ2v) is 12.8. The molecule has 7 heteroatoms. The number of benzene rings is 2. The van der Waals surface area contributed by atoms with Crippen LogP contribution in [0.1, 0.15) is 20.8 Å². The molecule has 1 fully saturated rings. The molecule has 1 aliphatic rings. The predicted octanol–water partition coefficient (Wildman–Crippen LogP) is 0.363. The molecule has 2 aromatic rings. The summed E-state index contributed by atoms with van der Waals surface area (Å²) < 4.78 is 12.0. The predicted molar refractivity (Wildman–Crippen MR) is 112 cm³/mol. The number of hydrogen-bond donors (Lipinski definition) is 4. The van der Waals surface area contributed by atoms with Crippen molar-refractivity contribution in [1.82, 2.24) is 0 Å². The van der Waals surface area contributed by atoms with Crippen molar-refractivity contribution in [1.29, 1.82) is 0 Å². The Morgan fingerprint density at radius 1 is 0.793 bits per heavy atom. The van der Waals surface area contributed by atoms with Crippen LogP contribution in [0.25, 0.3) is 0 Å². The normalized spacial score (nSPS) is 28.3. The van der Waals surface area contributed by atoms with E-state index in [0.717, 1.165) is 10.4 Å². The molecule has 0 aliphatic carbocycles. The van der Waals surface area contributed by atoms with Gasteiger partial charge in [-0.05, 0) is 15.4 Å². The van der Waals surface area contributed by atoms with Crippen LogP contribution in [0.5, 0.6) is 0 Å².